The molecule has 0 saturated carbocycles. The molecule has 3 nitrogen and oxygen atoms in total. The van der Waals surface area contributed by atoms with Gasteiger partial charge in [0.05, 0.1) is 10.5 Å². The summed E-state index contributed by atoms with van der Waals surface area (Å²) in [6.45, 7) is 1.68. The van der Waals surface area contributed by atoms with Gasteiger partial charge in [0.2, 0.25) is 0 Å². The van der Waals surface area contributed by atoms with Gasteiger partial charge >= 0.3 is 5.97 Å². The number of hydrogen-bond donors (Lipinski definition) is 1. The first-order valence-electron chi connectivity index (χ1n) is 3.25. The monoisotopic (exact) mass is 255 g/mol. The lowest BCUT2D eigenvalue weighted by atomic mass is 10.1. The summed E-state index contributed by atoms with van der Waals surface area (Å²) in [5.74, 6) is -0.762. The van der Waals surface area contributed by atoms with Gasteiger partial charge in [-0.15, -0.1) is 0 Å². The second kappa shape index (κ2) is 3.52. The molecule has 1 atom stereocenters. The van der Waals surface area contributed by atoms with Crippen molar-refractivity contribution in [2.75, 3.05) is 17.6 Å². The highest BCUT2D eigenvalue weighted by Gasteiger charge is 2.26. The van der Waals surface area contributed by atoms with Gasteiger partial charge in [-0.3, -0.25) is 9.69 Å². The van der Waals surface area contributed by atoms with Crippen molar-refractivity contribution in [1.82, 2.24) is 4.90 Å². The first-order valence-corrected chi connectivity index (χ1v) is 4.77. The van der Waals surface area contributed by atoms with E-state index in [-0.39, 0.29) is 5.92 Å². The van der Waals surface area contributed by atoms with Crippen LogP contribution in [0.25, 0.3) is 0 Å². The molecular weight excluding hydrogens is 245 g/mol. The molecule has 1 aliphatic rings. The van der Waals surface area contributed by atoms with Gasteiger partial charge in [0.1, 0.15) is 0 Å². The van der Waals surface area contributed by atoms with E-state index in [1.165, 1.54) is 0 Å². The zero-order valence-electron chi connectivity index (χ0n) is 5.59. The topological polar surface area (TPSA) is 40.5 Å². The van der Waals surface area contributed by atoms with E-state index < -0.39 is 5.97 Å². The molecule has 1 aliphatic heterocycles. The highest BCUT2D eigenvalue weighted by atomic mass is 127. The highest BCUT2D eigenvalue weighted by Crippen LogP contribution is 2.16. The third kappa shape index (κ3) is 1.82. The Morgan fingerprint density at radius 1 is 1.80 bits per heavy atom. The predicted molar refractivity (Wildman–Crippen MR) is 46.2 cm³/mol. The third-order valence-electron chi connectivity index (χ3n) is 1.79. The summed E-state index contributed by atoms with van der Waals surface area (Å²) in [7, 11) is 0. The quantitative estimate of drug-likeness (QED) is 0.450. The number of alkyl halides is 1. The lowest BCUT2D eigenvalue weighted by Crippen LogP contribution is -2.21. The standard InChI is InChI=1S/C6H10INO2/c7-4-8-2-1-5(3-8)6(9)10/h5H,1-4H2,(H,9,10). The molecule has 0 radical (unpaired) electrons. The molecule has 58 valence electrons. The second-order valence-electron chi connectivity index (χ2n) is 2.52. The summed E-state index contributed by atoms with van der Waals surface area (Å²) in [5, 5.41) is 8.60. The summed E-state index contributed by atoms with van der Waals surface area (Å²) < 4.78 is 0.946. The Balaban J connectivity index is 2.35. The zero-order valence-corrected chi connectivity index (χ0v) is 7.74. The minimum absolute atomic E-state index is 0.116. The van der Waals surface area contributed by atoms with Crippen molar-refractivity contribution in [3.05, 3.63) is 0 Å². The lowest BCUT2D eigenvalue weighted by molar-refractivity contribution is -0.141. The largest absolute Gasteiger partial charge is 0.481 e. The molecule has 4 heteroatoms. The van der Waals surface area contributed by atoms with Crippen molar-refractivity contribution in [1.29, 1.82) is 0 Å². The number of carboxylic acids is 1. The zero-order chi connectivity index (χ0) is 7.56. The maximum Gasteiger partial charge on any atom is 0.307 e. The van der Waals surface area contributed by atoms with Crippen molar-refractivity contribution >= 4 is 28.6 Å². The van der Waals surface area contributed by atoms with E-state index in [2.05, 4.69) is 27.5 Å². The predicted octanol–water partition coefficient (Wildman–Crippen LogP) is 0.785. The van der Waals surface area contributed by atoms with Gasteiger partial charge in [0.15, 0.2) is 0 Å². The molecule has 1 fully saturated rings. The van der Waals surface area contributed by atoms with Crippen LogP contribution < -0.4 is 0 Å². The number of halogens is 1. The Labute approximate surface area is 73.5 Å². The number of nitrogens with zero attached hydrogens (tertiary/aromatic N) is 1. The Bertz CT molecular complexity index is 140. The van der Waals surface area contributed by atoms with Gasteiger partial charge in [-0.2, -0.15) is 0 Å². The molecule has 1 unspecified atom stereocenters. The Morgan fingerprint density at radius 2 is 2.50 bits per heavy atom. The van der Waals surface area contributed by atoms with Crippen LogP contribution in [-0.4, -0.2) is 33.6 Å². The summed E-state index contributed by atoms with van der Waals surface area (Å²) in [6, 6.07) is 0. The number of carboxylic acid groups (broad SMARTS) is 1. The van der Waals surface area contributed by atoms with Crippen LogP contribution in [0.3, 0.4) is 0 Å². The molecule has 1 saturated heterocycles. The molecule has 1 heterocycles. The van der Waals surface area contributed by atoms with E-state index in [4.69, 9.17) is 5.11 Å². The number of rotatable bonds is 2. The summed E-state index contributed by atoms with van der Waals surface area (Å²) >= 11 is 2.26. The van der Waals surface area contributed by atoms with Crippen LogP contribution in [0.2, 0.25) is 0 Å². The Morgan fingerprint density at radius 3 is 2.80 bits per heavy atom. The first-order chi connectivity index (χ1) is 4.74. The SMILES string of the molecule is O=C(O)C1CCN(CI)C1. The van der Waals surface area contributed by atoms with Gasteiger partial charge < -0.3 is 5.11 Å². The van der Waals surface area contributed by atoms with E-state index in [0.29, 0.717) is 0 Å². The maximum absolute atomic E-state index is 10.4. The fourth-order valence-electron chi connectivity index (χ4n) is 1.14. The Hall–Kier alpha value is 0.160. The average molecular weight is 255 g/mol. The smallest absolute Gasteiger partial charge is 0.307 e. The van der Waals surface area contributed by atoms with Gasteiger partial charge in [-0.05, 0) is 13.0 Å². The normalized spacial score (nSPS) is 27.1. The van der Waals surface area contributed by atoms with Gasteiger partial charge in [-0.1, -0.05) is 22.6 Å². The maximum atomic E-state index is 10.4. The Kier molecular flexibility index (Phi) is 2.91. The molecule has 0 aromatic rings. The van der Waals surface area contributed by atoms with Crippen LogP contribution >= 0.6 is 22.6 Å². The van der Waals surface area contributed by atoms with Crippen molar-refractivity contribution in [2.45, 2.75) is 6.42 Å². The highest BCUT2D eigenvalue weighted by molar-refractivity contribution is 14.1. The fourth-order valence-corrected chi connectivity index (χ4v) is 1.76. The van der Waals surface area contributed by atoms with Crippen LogP contribution in [0, 0.1) is 5.92 Å². The van der Waals surface area contributed by atoms with Crippen molar-refractivity contribution in [2.24, 2.45) is 5.92 Å². The lowest BCUT2D eigenvalue weighted by Gasteiger charge is -2.08. The third-order valence-corrected chi connectivity index (χ3v) is 2.76. The van der Waals surface area contributed by atoms with E-state index in [1.807, 2.05) is 0 Å². The molecule has 0 aromatic carbocycles. The first kappa shape index (κ1) is 8.26. The second-order valence-corrected chi connectivity index (χ2v) is 3.20. The van der Waals surface area contributed by atoms with Crippen LogP contribution in [0.4, 0.5) is 0 Å². The van der Waals surface area contributed by atoms with Crippen LogP contribution in [-0.2, 0) is 4.79 Å². The molecule has 0 spiro atoms. The molecule has 10 heavy (non-hydrogen) atoms. The van der Waals surface area contributed by atoms with Gasteiger partial charge in [-0.25, -0.2) is 0 Å². The van der Waals surface area contributed by atoms with Crippen LogP contribution in [0.5, 0.6) is 0 Å². The van der Waals surface area contributed by atoms with Crippen molar-refractivity contribution in [3.63, 3.8) is 0 Å². The number of aliphatic carboxylic acids is 1. The number of likely N-dealkylation sites (tertiary alicyclic amines) is 1. The minimum Gasteiger partial charge on any atom is -0.481 e. The van der Waals surface area contributed by atoms with Crippen LogP contribution in [0.1, 0.15) is 6.42 Å². The molecular formula is C6H10INO2. The molecule has 0 amide bonds. The fraction of sp³-hybridized carbons (Fsp3) is 0.833. The van der Waals surface area contributed by atoms with Gasteiger partial charge in [0.25, 0.3) is 0 Å². The molecule has 0 aliphatic carbocycles. The summed E-state index contributed by atoms with van der Waals surface area (Å²) in [4.78, 5) is 12.6. The van der Waals surface area contributed by atoms with Crippen LogP contribution in [0.15, 0.2) is 0 Å². The summed E-state index contributed by atoms with van der Waals surface area (Å²) in [5.41, 5.74) is 0. The summed E-state index contributed by atoms with van der Waals surface area (Å²) in [6.07, 6.45) is 0.818. The van der Waals surface area contributed by atoms with Gasteiger partial charge in [0, 0.05) is 6.54 Å². The minimum atomic E-state index is -0.646. The van der Waals surface area contributed by atoms with E-state index in [1.54, 1.807) is 0 Å². The molecule has 0 aromatic heterocycles. The molecule has 1 rings (SSSR count). The molecule has 0 bridgehead atoms. The number of hydrogen-bond acceptors (Lipinski definition) is 2. The van der Waals surface area contributed by atoms with E-state index in [0.717, 1.165) is 24.1 Å². The van der Waals surface area contributed by atoms with Crippen molar-refractivity contribution in [3.8, 4) is 0 Å². The average Bonchev–Trinajstić information content (AvgIpc) is 2.34. The van der Waals surface area contributed by atoms with E-state index >= 15 is 0 Å². The van der Waals surface area contributed by atoms with E-state index in [9.17, 15) is 4.79 Å². The molecule has 1 N–H and O–H groups in total. The van der Waals surface area contributed by atoms with Crippen molar-refractivity contribution < 1.29 is 9.90 Å². The number of carbonyl (C=O) groups is 1.